The Hall–Kier alpha value is -0.610. The molecule has 0 radical (unpaired) electrons. The van der Waals surface area contributed by atoms with Crippen molar-refractivity contribution in [3.63, 3.8) is 0 Å². The molecule has 0 spiro atoms. The predicted octanol–water partition coefficient (Wildman–Crippen LogP) is 0.396. The monoisotopic (exact) mass is 227 g/mol. The molecule has 4 heteroatoms. The third-order valence-corrected chi connectivity index (χ3v) is 2.97. The number of piperazine rings is 1. The average molecular weight is 227 g/mol. The Morgan fingerprint density at radius 3 is 2.56 bits per heavy atom. The maximum Gasteiger partial charge on any atom is 0.222 e. The zero-order valence-corrected chi connectivity index (χ0v) is 10.8. The summed E-state index contributed by atoms with van der Waals surface area (Å²) in [7, 11) is 1.91. The van der Waals surface area contributed by atoms with Gasteiger partial charge in [-0.2, -0.15) is 0 Å². The van der Waals surface area contributed by atoms with Gasteiger partial charge in [0.1, 0.15) is 0 Å². The molecule has 4 nitrogen and oxygen atoms in total. The van der Waals surface area contributed by atoms with E-state index in [1.54, 1.807) is 0 Å². The molecule has 94 valence electrons. The molecule has 1 aliphatic heterocycles. The molecule has 0 bridgehead atoms. The second-order valence-corrected chi connectivity index (χ2v) is 5.00. The Labute approximate surface area is 99.0 Å². The van der Waals surface area contributed by atoms with Gasteiger partial charge in [-0.3, -0.25) is 9.69 Å². The second-order valence-electron chi connectivity index (χ2n) is 5.00. The first kappa shape index (κ1) is 13.5. The van der Waals surface area contributed by atoms with Crippen LogP contribution in [-0.2, 0) is 4.79 Å². The highest BCUT2D eigenvalue weighted by atomic mass is 16.2. The van der Waals surface area contributed by atoms with Crippen molar-refractivity contribution in [3.8, 4) is 0 Å². The molecule has 0 aromatic rings. The molecule has 0 unspecified atom stereocenters. The minimum absolute atomic E-state index is 0.269. The Kier molecular flexibility index (Phi) is 5.77. The molecule has 1 rings (SSSR count). The van der Waals surface area contributed by atoms with Crippen molar-refractivity contribution in [1.82, 2.24) is 15.1 Å². The number of carbonyl (C=O) groups is 1. The lowest BCUT2D eigenvalue weighted by atomic mass is 10.1. The van der Waals surface area contributed by atoms with E-state index in [9.17, 15) is 4.79 Å². The average Bonchev–Trinajstić information content (AvgIpc) is 2.26. The topological polar surface area (TPSA) is 35.6 Å². The van der Waals surface area contributed by atoms with Crippen LogP contribution in [0.2, 0.25) is 0 Å². The van der Waals surface area contributed by atoms with Crippen LogP contribution in [0.1, 0.15) is 20.3 Å². The number of carbonyl (C=O) groups excluding carboxylic acids is 1. The van der Waals surface area contributed by atoms with E-state index in [0.717, 1.165) is 39.3 Å². The summed E-state index contributed by atoms with van der Waals surface area (Å²) >= 11 is 0. The Morgan fingerprint density at radius 1 is 1.38 bits per heavy atom. The van der Waals surface area contributed by atoms with Crippen molar-refractivity contribution < 1.29 is 4.79 Å². The molecule has 1 fully saturated rings. The van der Waals surface area contributed by atoms with Gasteiger partial charge in [0.15, 0.2) is 0 Å². The zero-order chi connectivity index (χ0) is 12.0. The van der Waals surface area contributed by atoms with Crippen molar-refractivity contribution in [2.45, 2.75) is 20.3 Å². The predicted molar refractivity (Wildman–Crippen MR) is 66.4 cm³/mol. The first-order valence-electron chi connectivity index (χ1n) is 6.26. The number of amides is 1. The van der Waals surface area contributed by atoms with Crippen LogP contribution in [0.3, 0.4) is 0 Å². The fourth-order valence-corrected chi connectivity index (χ4v) is 1.86. The lowest BCUT2D eigenvalue weighted by Gasteiger charge is -2.29. The first-order chi connectivity index (χ1) is 7.59. The van der Waals surface area contributed by atoms with Gasteiger partial charge < -0.3 is 10.2 Å². The van der Waals surface area contributed by atoms with Gasteiger partial charge in [-0.05, 0) is 5.92 Å². The van der Waals surface area contributed by atoms with Gasteiger partial charge in [0, 0.05) is 52.7 Å². The highest BCUT2D eigenvalue weighted by Crippen LogP contribution is 2.03. The van der Waals surface area contributed by atoms with Gasteiger partial charge in [0.25, 0.3) is 0 Å². The van der Waals surface area contributed by atoms with Crippen molar-refractivity contribution in [2.75, 3.05) is 46.3 Å². The van der Waals surface area contributed by atoms with Crippen LogP contribution in [0.25, 0.3) is 0 Å². The Bertz CT molecular complexity index is 212. The van der Waals surface area contributed by atoms with Crippen molar-refractivity contribution >= 4 is 5.91 Å². The van der Waals surface area contributed by atoms with Crippen molar-refractivity contribution in [2.24, 2.45) is 5.92 Å². The molecule has 1 amide bonds. The molecule has 1 heterocycles. The third kappa shape index (κ3) is 4.94. The highest BCUT2D eigenvalue weighted by Gasteiger charge is 2.13. The summed E-state index contributed by atoms with van der Waals surface area (Å²) in [5, 5.41) is 3.33. The molecule has 1 aliphatic rings. The van der Waals surface area contributed by atoms with E-state index in [0.29, 0.717) is 12.3 Å². The summed E-state index contributed by atoms with van der Waals surface area (Å²) in [6.07, 6.45) is 0.665. The third-order valence-electron chi connectivity index (χ3n) is 2.97. The van der Waals surface area contributed by atoms with E-state index in [2.05, 4.69) is 24.1 Å². The molecule has 0 atom stereocenters. The van der Waals surface area contributed by atoms with Crippen LogP contribution >= 0.6 is 0 Å². The van der Waals surface area contributed by atoms with Crippen LogP contribution in [0.15, 0.2) is 0 Å². The van der Waals surface area contributed by atoms with Crippen LogP contribution < -0.4 is 5.32 Å². The smallest absolute Gasteiger partial charge is 0.222 e. The van der Waals surface area contributed by atoms with Crippen LogP contribution in [0, 0.1) is 5.92 Å². The first-order valence-corrected chi connectivity index (χ1v) is 6.26. The van der Waals surface area contributed by atoms with Gasteiger partial charge in [-0.15, -0.1) is 0 Å². The van der Waals surface area contributed by atoms with Gasteiger partial charge in [0.2, 0.25) is 5.91 Å². The number of nitrogens with zero attached hydrogens (tertiary/aromatic N) is 2. The van der Waals surface area contributed by atoms with Crippen molar-refractivity contribution in [3.05, 3.63) is 0 Å². The largest absolute Gasteiger partial charge is 0.344 e. The maximum absolute atomic E-state index is 11.7. The van der Waals surface area contributed by atoms with E-state index in [-0.39, 0.29) is 5.91 Å². The zero-order valence-electron chi connectivity index (χ0n) is 10.8. The molecule has 16 heavy (non-hydrogen) atoms. The molecule has 0 aromatic carbocycles. The molecule has 0 aromatic heterocycles. The molecule has 0 aliphatic carbocycles. The SMILES string of the molecule is CC(C)CC(=O)N(C)CCN1CCNCC1. The summed E-state index contributed by atoms with van der Waals surface area (Å²) < 4.78 is 0. The van der Waals surface area contributed by atoms with E-state index >= 15 is 0 Å². The van der Waals surface area contributed by atoms with Crippen LogP contribution in [0.4, 0.5) is 0 Å². The summed E-state index contributed by atoms with van der Waals surface area (Å²) in [6.45, 7) is 10.4. The van der Waals surface area contributed by atoms with E-state index in [1.165, 1.54) is 0 Å². The standard InChI is InChI=1S/C12H25N3O/c1-11(2)10-12(16)14(3)8-9-15-6-4-13-5-7-15/h11,13H,4-10H2,1-3H3. The fourth-order valence-electron chi connectivity index (χ4n) is 1.86. The Morgan fingerprint density at radius 2 is 2.00 bits per heavy atom. The molecular weight excluding hydrogens is 202 g/mol. The molecule has 1 N–H and O–H groups in total. The van der Waals surface area contributed by atoms with E-state index in [1.807, 2.05) is 11.9 Å². The number of hydrogen-bond acceptors (Lipinski definition) is 3. The molecular formula is C12H25N3O. The maximum atomic E-state index is 11.7. The van der Waals surface area contributed by atoms with Gasteiger partial charge in [-0.1, -0.05) is 13.8 Å². The number of hydrogen-bond donors (Lipinski definition) is 1. The lowest BCUT2D eigenvalue weighted by molar-refractivity contribution is -0.130. The van der Waals surface area contributed by atoms with Gasteiger partial charge in [-0.25, -0.2) is 0 Å². The summed E-state index contributed by atoms with van der Waals surface area (Å²) in [6, 6.07) is 0. The van der Waals surface area contributed by atoms with E-state index < -0.39 is 0 Å². The van der Waals surface area contributed by atoms with Crippen molar-refractivity contribution in [1.29, 1.82) is 0 Å². The lowest BCUT2D eigenvalue weighted by Crippen LogP contribution is -2.46. The van der Waals surface area contributed by atoms with Gasteiger partial charge in [0.05, 0.1) is 0 Å². The molecule has 0 saturated carbocycles. The summed E-state index contributed by atoms with van der Waals surface area (Å²) in [5.41, 5.74) is 0. The highest BCUT2D eigenvalue weighted by molar-refractivity contribution is 5.76. The second kappa shape index (κ2) is 6.86. The summed E-state index contributed by atoms with van der Waals surface area (Å²) in [4.78, 5) is 16.0. The van der Waals surface area contributed by atoms with Crippen LogP contribution in [0.5, 0.6) is 0 Å². The summed E-state index contributed by atoms with van der Waals surface area (Å²) in [5.74, 6) is 0.722. The fraction of sp³-hybridized carbons (Fsp3) is 0.917. The number of rotatable bonds is 5. The number of likely N-dealkylation sites (N-methyl/N-ethyl adjacent to an activating group) is 1. The number of nitrogens with one attached hydrogen (secondary N) is 1. The molecule has 1 saturated heterocycles. The quantitative estimate of drug-likeness (QED) is 0.738. The minimum Gasteiger partial charge on any atom is -0.344 e. The van der Waals surface area contributed by atoms with E-state index in [4.69, 9.17) is 0 Å². The normalized spacial score (nSPS) is 17.8. The Balaban J connectivity index is 2.17. The minimum atomic E-state index is 0.269. The van der Waals surface area contributed by atoms with Gasteiger partial charge >= 0.3 is 0 Å². The van der Waals surface area contributed by atoms with Crippen LogP contribution in [-0.4, -0.2) is 62.0 Å².